The summed E-state index contributed by atoms with van der Waals surface area (Å²) in [5, 5.41) is 7.39. The van der Waals surface area contributed by atoms with Crippen molar-refractivity contribution in [2.24, 2.45) is 0 Å². The first kappa shape index (κ1) is 12.2. The summed E-state index contributed by atoms with van der Waals surface area (Å²) in [6.07, 6.45) is 11.3. The lowest BCUT2D eigenvalue weighted by atomic mass is 9.95. The molecule has 0 bridgehead atoms. The number of rotatable bonds is 4. The lowest BCUT2D eigenvalue weighted by molar-refractivity contribution is 0.327. The van der Waals surface area contributed by atoms with Crippen molar-refractivity contribution >= 4 is 0 Å². The minimum Gasteiger partial charge on any atom is -0.337 e. The largest absolute Gasteiger partial charge is 0.337 e. The van der Waals surface area contributed by atoms with Crippen LogP contribution in [-0.4, -0.2) is 26.2 Å². The lowest BCUT2D eigenvalue weighted by Gasteiger charge is -2.21. The van der Waals surface area contributed by atoms with Crippen LogP contribution in [0, 0.1) is 0 Å². The molecular weight excluding hydrogens is 242 g/mol. The number of nitrogens with one attached hydrogen (secondary N) is 1. The Morgan fingerprint density at radius 1 is 1.21 bits per heavy atom. The highest BCUT2D eigenvalue weighted by molar-refractivity contribution is 5.45. The van der Waals surface area contributed by atoms with Crippen molar-refractivity contribution in [2.45, 2.75) is 44.7 Å². The predicted molar refractivity (Wildman–Crippen MR) is 69.0 cm³/mol. The van der Waals surface area contributed by atoms with E-state index in [0.29, 0.717) is 30.0 Å². The molecule has 0 radical (unpaired) electrons. The number of hydrogen-bond acceptors (Lipinski definition) is 6. The molecule has 0 aliphatic heterocycles. The lowest BCUT2D eigenvalue weighted by Crippen LogP contribution is -2.30. The Morgan fingerprint density at radius 2 is 2.11 bits per heavy atom. The Kier molecular flexibility index (Phi) is 3.78. The molecule has 2 aromatic rings. The molecule has 0 atom stereocenters. The summed E-state index contributed by atoms with van der Waals surface area (Å²) in [7, 11) is 0. The highest BCUT2D eigenvalue weighted by atomic mass is 16.5. The maximum atomic E-state index is 5.22. The summed E-state index contributed by atoms with van der Waals surface area (Å²) < 4.78 is 5.22. The van der Waals surface area contributed by atoms with E-state index < -0.39 is 0 Å². The first-order valence-electron chi connectivity index (χ1n) is 6.74. The van der Waals surface area contributed by atoms with Gasteiger partial charge in [-0.3, -0.25) is 4.98 Å². The van der Waals surface area contributed by atoms with E-state index in [1.807, 2.05) is 0 Å². The summed E-state index contributed by atoms with van der Waals surface area (Å²) in [6.45, 7) is 0.623. The third-order valence-electron chi connectivity index (χ3n) is 3.41. The van der Waals surface area contributed by atoms with Gasteiger partial charge in [0.25, 0.3) is 0 Å². The van der Waals surface area contributed by atoms with Gasteiger partial charge >= 0.3 is 0 Å². The van der Waals surface area contributed by atoms with E-state index in [2.05, 4.69) is 25.4 Å². The van der Waals surface area contributed by atoms with Crippen LogP contribution < -0.4 is 5.32 Å². The van der Waals surface area contributed by atoms with Gasteiger partial charge in [0.1, 0.15) is 5.69 Å². The van der Waals surface area contributed by atoms with Crippen molar-refractivity contribution in [1.82, 2.24) is 25.4 Å². The van der Waals surface area contributed by atoms with E-state index in [9.17, 15) is 0 Å². The zero-order valence-corrected chi connectivity index (χ0v) is 10.7. The molecule has 0 spiro atoms. The maximum absolute atomic E-state index is 5.22. The van der Waals surface area contributed by atoms with Crippen molar-refractivity contribution in [1.29, 1.82) is 0 Å². The zero-order chi connectivity index (χ0) is 12.9. The summed E-state index contributed by atoms with van der Waals surface area (Å²) in [4.78, 5) is 12.5. The van der Waals surface area contributed by atoms with Crippen LogP contribution in [0.2, 0.25) is 0 Å². The molecule has 6 nitrogen and oxygen atoms in total. The van der Waals surface area contributed by atoms with Crippen molar-refractivity contribution in [2.75, 3.05) is 0 Å². The molecule has 1 aliphatic carbocycles. The molecule has 0 aromatic carbocycles. The highest BCUT2D eigenvalue weighted by Gasteiger charge is 2.15. The Labute approximate surface area is 111 Å². The van der Waals surface area contributed by atoms with Crippen LogP contribution in [0.15, 0.2) is 23.1 Å². The third kappa shape index (κ3) is 3.14. The number of nitrogens with zero attached hydrogens (tertiary/aromatic N) is 4. The summed E-state index contributed by atoms with van der Waals surface area (Å²) in [5.41, 5.74) is 0.634. The van der Waals surface area contributed by atoms with Crippen LogP contribution in [0.4, 0.5) is 0 Å². The van der Waals surface area contributed by atoms with Crippen LogP contribution in [0.5, 0.6) is 0 Å². The van der Waals surface area contributed by atoms with Crippen LogP contribution in [-0.2, 0) is 6.54 Å². The number of hydrogen-bond donors (Lipinski definition) is 1. The van der Waals surface area contributed by atoms with Crippen LogP contribution in [0.1, 0.15) is 38.0 Å². The maximum Gasteiger partial charge on any atom is 0.240 e. The Bertz CT molecular complexity index is 507. The molecule has 2 heterocycles. The van der Waals surface area contributed by atoms with Gasteiger partial charge in [-0.2, -0.15) is 4.98 Å². The van der Waals surface area contributed by atoms with Crippen molar-refractivity contribution in [3.63, 3.8) is 0 Å². The first-order chi connectivity index (χ1) is 9.42. The van der Waals surface area contributed by atoms with E-state index in [1.54, 1.807) is 18.6 Å². The summed E-state index contributed by atoms with van der Waals surface area (Å²) in [5.74, 6) is 1.10. The van der Waals surface area contributed by atoms with E-state index >= 15 is 0 Å². The molecule has 3 rings (SSSR count). The van der Waals surface area contributed by atoms with Gasteiger partial charge in [0, 0.05) is 18.4 Å². The van der Waals surface area contributed by atoms with Crippen molar-refractivity contribution in [3.05, 3.63) is 24.5 Å². The fourth-order valence-corrected chi connectivity index (χ4v) is 2.38. The Morgan fingerprint density at radius 3 is 2.89 bits per heavy atom. The fourth-order valence-electron chi connectivity index (χ4n) is 2.38. The molecule has 0 amide bonds. The molecule has 1 fully saturated rings. The molecule has 2 aromatic heterocycles. The van der Waals surface area contributed by atoms with Gasteiger partial charge in [0.2, 0.25) is 11.7 Å². The molecule has 19 heavy (non-hydrogen) atoms. The molecule has 1 aliphatic rings. The normalized spacial score (nSPS) is 16.6. The van der Waals surface area contributed by atoms with E-state index in [4.69, 9.17) is 4.52 Å². The quantitative estimate of drug-likeness (QED) is 0.904. The molecule has 1 N–H and O–H groups in total. The average Bonchev–Trinajstić information content (AvgIpc) is 2.96. The monoisotopic (exact) mass is 259 g/mol. The Balaban J connectivity index is 1.59. The first-order valence-corrected chi connectivity index (χ1v) is 6.74. The van der Waals surface area contributed by atoms with E-state index in [1.165, 1.54) is 32.1 Å². The van der Waals surface area contributed by atoms with Crippen LogP contribution >= 0.6 is 0 Å². The smallest absolute Gasteiger partial charge is 0.240 e. The van der Waals surface area contributed by atoms with Gasteiger partial charge in [0.15, 0.2) is 0 Å². The fraction of sp³-hybridized carbons (Fsp3) is 0.538. The van der Waals surface area contributed by atoms with Gasteiger partial charge < -0.3 is 9.84 Å². The molecule has 1 saturated carbocycles. The van der Waals surface area contributed by atoms with Gasteiger partial charge in [-0.15, -0.1) is 0 Å². The van der Waals surface area contributed by atoms with Gasteiger partial charge in [-0.05, 0) is 12.8 Å². The standard InChI is InChI=1S/C13H17N5O/c1-2-4-10(5-3-1)16-9-12-17-13(18-19-12)11-8-14-6-7-15-11/h6-8,10,16H,1-5,9H2. The van der Waals surface area contributed by atoms with Gasteiger partial charge in [-0.25, -0.2) is 4.98 Å². The second-order valence-electron chi connectivity index (χ2n) is 4.82. The molecule has 100 valence electrons. The van der Waals surface area contributed by atoms with Crippen LogP contribution in [0.25, 0.3) is 11.5 Å². The number of aromatic nitrogens is 4. The zero-order valence-electron chi connectivity index (χ0n) is 10.7. The molecule has 6 heteroatoms. The molecule has 0 saturated heterocycles. The van der Waals surface area contributed by atoms with Crippen molar-refractivity contribution < 1.29 is 4.52 Å². The third-order valence-corrected chi connectivity index (χ3v) is 3.41. The summed E-state index contributed by atoms with van der Waals surface area (Å²) in [6, 6.07) is 0.584. The molecule has 0 unspecified atom stereocenters. The SMILES string of the molecule is c1cnc(-c2noc(CNC3CCCCC3)n2)cn1. The summed E-state index contributed by atoms with van der Waals surface area (Å²) >= 11 is 0. The van der Waals surface area contributed by atoms with E-state index in [-0.39, 0.29) is 0 Å². The van der Waals surface area contributed by atoms with Crippen molar-refractivity contribution in [3.8, 4) is 11.5 Å². The van der Waals surface area contributed by atoms with E-state index in [0.717, 1.165) is 0 Å². The second-order valence-corrected chi connectivity index (χ2v) is 4.82. The predicted octanol–water partition coefficient (Wildman–Crippen LogP) is 1.95. The topological polar surface area (TPSA) is 76.7 Å². The average molecular weight is 259 g/mol. The van der Waals surface area contributed by atoms with Gasteiger partial charge in [0.05, 0.1) is 12.7 Å². The minimum absolute atomic E-state index is 0.494. The second kappa shape index (κ2) is 5.88. The Hall–Kier alpha value is -1.82. The highest BCUT2D eigenvalue weighted by Crippen LogP contribution is 2.18. The minimum atomic E-state index is 0.494. The van der Waals surface area contributed by atoms with Gasteiger partial charge in [-0.1, -0.05) is 24.4 Å². The van der Waals surface area contributed by atoms with Crippen LogP contribution in [0.3, 0.4) is 0 Å². The molecular formula is C13H17N5O.